The first-order valence-electron chi connectivity index (χ1n) is 8.39. The molecule has 2 N–H and O–H groups in total. The molecule has 1 atom stereocenters. The number of nitrogens with zero attached hydrogens (tertiary/aromatic N) is 1. The molecule has 1 spiro atoms. The van der Waals surface area contributed by atoms with Crippen LogP contribution in [-0.2, 0) is 10.2 Å². The molecule has 0 saturated heterocycles. The zero-order valence-corrected chi connectivity index (χ0v) is 15.8. The third-order valence-corrected chi connectivity index (χ3v) is 5.94. The smallest absolute Gasteiger partial charge is 0.245 e. The SMILES string of the molecule is CC1=C(C#N)C2(C(=O)Nc3cc(Br)ccc32)C2=C(N1)c1ccccc1C2=O. The Labute approximate surface area is 163 Å². The zero-order valence-electron chi connectivity index (χ0n) is 14.2. The van der Waals surface area contributed by atoms with Gasteiger partial charge in [0.2, 0.25) is 5.91 Å². The lowest BCUT2D eigenvalue weighted by Gasteiger charge is -2.34. The number of halogens is 1. The number of rotatable bonds is 0. The molecule has 2 aromatic carbocycles. The van der Waals surface area contributed by atoms with Crippen LogP contribution in [0, 0.1) is 11.3 Å². The number of anilines is 1. The van der Waals surface area contributed by atoms with Crippen LogP contribution < -0.4 is 10.6 Å². The van der Waals surface area contributed by atoms with Crippen molar-refractivity contribution in [3.63, 3.8) is 0 Å². The molecule has 0 aromatic heterocycles. The second-order valence-electron chi connectivity index (χ2n) is 6.76. The lowest BCUT2D eigenvalue weighted by atomic mass is 9.66. The summed E-state index contributed by atoms with van der Waals surface area (Å²) in [6.45, 7) is 1.76. The van der Waals surface area contributed by atoms with E-state index in [0.29, 0.717) is 33.8 Å². The highest BCUT2D eigenvalue weighted by molar-refractivity contribution is 9.10. The van der Waals surface area contributed by atoms with E-state index in [-0.39, 0.29) is 17.3 Å². The van der Waals surface area contributed by atoms with Gasteiger partial charge >= 0.3 is 0 Å². The Balaban J connectivity index is 1.91. The van der Waals surface area contributed by atoms with Gasteiger partial charge in [0.15, 0.2) is 5.78 Å². The standard InChI is InChI=1S/C21H12BrN3O2/c1-10-15(9-23)21(14-7-6-11(22)8-16(14)25-20(21)27)17-18(24-10)12-4-2-3-5-13(12)19(17)26/h2-8,24H,1H3,(H,25,27). The van der Waals surface area contributed by atoms with Crippen molar-refractivity contribution in [2.24, 2.45) is 0 Å². The Hall–Kier alpha value is -3.17. The molecule has 1 unspecified atom stereocenters. The van der Waals surface area contributed by atoms with Crippen molar-refractivity contribution < 1.29 is 9.59 Å². The van der Waals surface area contributed by atoms with Crippen LogP contribution in [-0.4, -0.2) is 11.7 Å². The van der Waals surface area contributed by atoms with Gasteiger partial charge in [-0.25, -0.2) is 0 Å². The number of carbonyl (C=O) groups is 2. The number of allylic oxidation sites excluding steroid dienone is 1. The van der Waals surface area contributed by atoms with E-state index in [1.807, 2.05) is 18.2 Å². The van der Waals surface area contributed by atoms with Gasteiger partial charge in [-0.15, -0.1) is 0 Å². The summed E-state index contributed by atoms with van der Waals surface area (Å²) in [5, 5.41) is 16.0. The van der Waals surface area contributed by atoms with Crippen LogP contribution in [0.1, 0.15) is 28.4 Å². The molecule has 0 fully saturated rings. The third kappa shape index (κ3) is 1.77. The third-order valence-electron chi connectivity index (χ3n) is 5.44. The van der Waals surface area contributed by atoms with Crippen LogP contribution in [0.5, 0.6) is 0 Å². The Morgan fingerprint density at radius 3 is 2.56 bits per heavy atom. The number of carbonyl (C=O) groups excluding carboxylic acids is 2. The molecule has 2 aromatic rings. The average molecular weight is 418 g/mol. The first kappa shape index (κ1) is 16.0. The molecule has 27 heavy (non-hydrogen) atoms. The van der Waals surface area contributed by atoms with Crippen LogP contribution in [0.15, 0.2) is 63.8 Å². The van der Waals surface area contributed by atoms with Crippen molar-refractivity contribution in [2.75, 3.05) is 5.32 Å². The lowest BCUT2D eigenvalue weighted by molar-refractivity contribution is -0.118. The number of hydrogen-bond acceptors (Lipinski definition) is 4. The Bertz CT molecular complexity index is 1200. The highest BCUT2D eigenvalue weighted by atomic mass is 79.9. The lowest BCUT2D eigenvalue weighted by Crippen LogP contribution is -2.45. The maximum Gasteiger partial charge on any atom is 0.245 e. The van der Waals surface area contributed by atoms with Crippen molar-refractivity contribution in [3.8, 4) is 6.07 Å². The summed E-state index contributed by atoms with van der Waals surface area (Å²) < 4.78 is 0.807. The van der Waals surface area contributed by atoms with Crippen molar-refractivity contribution in [2.45, 2.75) is 12.3 Å². The quantitative estimate of drug-likeness (QED) is 0.685. The van der Waals surface area contributed by atoms with E-state index in [4.69, 9.17) is 0 Å². The number of ketones is 1. The predicted octanol–water partition coefficient (Wildman–Crippen LogP) is 3.65. The molecule has 130 valence electrons. The van der Waals surface area contributed by atoms with Crippen molar-refractivity contribution in [3.05, 3.63) is 80.5 Å². The average Bonchev–Trinajstić information content (AvgIpc) is 3.08. The number of nitriles is 1. The number of fused-ring (bicyclic) bond motifs is 5. The molecule has 6 heteroatoms. The van der Waals surface area contributed by atoms with E-state index in [1.54, 1.807) is 31.2 Å². The fourth-order valence-corrected chi connectivity index (χ4v) is 4.74. The van der Waals surface area contributed by atoms with Gasteiger partial charge in [-0.2, -0.15) is 5.26 Å². The first-order chi connectivity index (χ1) is 13.0. The summed E-state index contributed by atoms with van der Waals surface area (Å²) in [6.07, 6.45) is 0. The van der Waals surface area contributed by atoms with Gasteiger partial charge < -0.3 is 10.6 Å². The summed E-state index contributed by atoms with van der Waals surface area (Å²) >= 11 is 3.41. The minimum absolute atomic E-state index is 0.223. The summed E-state index contributed by atoms with van der Waals surface area (Å²) in [5.41, 5.74) is 2.85. The largest absolute Gasteiger partial charge is 0.357 e. The highest BCUT2D eigenvalue weighted by Gasteiger charge is 2.60. The molecule has 5 nitrogen and oxygen atoms in total. The molecule has 0 bridgehead atoms. The number of dihydropyridines is 1. The van der Waals surface area contributed by atoms with E-state index in [2.05, 4.69) is 32.6 Å². The Kier molecular flexibility index (Phi) is 3.08. The molecular formula is C21H12BrN3O2. The molecule has 2 heterocycles. The van der Waals surface area contributed by atoms with E-state index in [0.717, 1.165) is 10.0 Å². The van der Waals surface area contributed by atoms with Crippen molar-refractivity contribution in [1.29, 1.82) is 5.26 Å². The van der Waals surface area contributed by atoms with E-state index in [1.165, 1.54) is 0 Å². The number of amides is 1. The minimum Gasteiger partial charge on any atom is -0.357 e. The monoisotopic (exact) mass is 417 g/mol. The Morgan fingerprint density at radius 1 is 1.07 bits per heavy atom. The molecule has 3 aliphatic rings. The number of hydrogen-bond donors (Lipinski definition) is 2. The molecular weight excluding hydrogens is 406 g/mol. The van der Waals surface area contributed by atoms with Gasteiger partial charge in [0.05, 0.1) is 17.3 Å². The molecule has 0 radical (unpaired) electrons. The normalized spacial score (nSPS) is 22.3. The van der Waals surface area contributed by atoms with Gasteiger partial charge in [0.1, 0.15) is 5.41 Å². The molecule has 0 saturated carbocycles. The number of nitrogens with one attached hydrogen (secondary N) is 2. The molecule has 1 amide bonds. The zero-order chi connectivity index (χ0) is 18.9. The Morgan fingerprint density at radius 2 is 1.81 bits per heavy atom. The van der Waals surface area contributed by atoms with Crippen LogP contribution in [0.25, 0.3) is 5.70 Å². The fourth-order valence-electron chi connectivity index (χ4n) is 4.38. The highest BCUT2D eigenvalue weighted by Crippen LogP contribution is 2.55. The van der Waals surface area contributed by atoms with Gasteiger partial charge in [-0.1, -0.05) is 46.3 Å². The predicted molar refractivity (Wildman–Crippen MR) is 104 cm³/mol. The minimum atomic E-state index is -1.44. The van der Waals surface area contributed by atoms with Gasteiger partial charge in [0, 0.05) is 38.1 Å². The molecule has 2 aliphatic heterocycles. The van der Waals surface area contributed by atoms with Gasteiger partial charge in [-0.05, 0) is 19.1 Å². The van der Waals surface area contributed by atoms with Crippen LogP contribution >= 0.6 is 15.9 Å². The maximum atomic E-state index is 13.4. The summed E-state index contributed by atoms with van der Waals surface area (Å²) in [4.78, 5) is 26.7. The molecule has 1 aliphatic carbocycles. The first-order valence-corrected chi connectivity index (χ1v) is 9.18. The number of Topliss-reactive ketones (excluding diaryl/α,β-unsaturated/α-hetero) is 1. The van der Waals surface area contributed by atoms with E-state index >= 15 is 0 Å². The molecule has 5 rings (SSSR count). The van der Waals surface area contributed by atoms with E-state index < -0.39 is 5.41 Å². The van der Waals surface area contributed by atoms with Crippen LogP contribution in [0.3, 0.4) is 0 Å². The van der Waals surface area contributed by atoms with Crippen LogP contribution in [0.4, 0.5) is 5.69 Å². The van der Waals surface area contributed by atoms with E-state index in [9.17, 15) is 14.9 Å². The van der Waals surface area contributed by atoms with Gasteiger partial charge in [0.25, 0.3) is 0 Å². The van der Waals surface area contributed by atoms with Gasteiger partial charge in [-0.3, -0.25) is 9.59 Å². The maximum absolute atomic E-state index is 13.4. The summed E-state index contributed by atoms with van der Waals surface area (Å²) in [6, 6.07) is 14.9. The van der Waals surface area contributed by atoms with Crippen molar-refractivity contribution in [1.82, 2.24) is 5.32 Å². The number of benzene rings is 2. The summed E-state index contributed by atoms with van der Waals surface area (Å²) in [5.74, 6) is -0.596. The summed E-state index contributed by atoms with van der Waals surface area (Å²) in [7, 11) is 0. The second-order valence-corrected chi connectivity index (χ2v) is 7.67. The fraction of sp³-hybridized carbons (Fsp3) is 0.0952. The van der Waals surface area contributed by atoms with Crippen molar-refractivity contribution >= 4 is 39.0 Å². The van der Waals surface area contributed by atoms with Crippen LogP contribution in [0.2, 0.25) is 0 Å². The second kappa shape index (κ2) is 5.18. The topological polar surface area (TPSA) is 82.0 Å².